The monoisotopic (exact) mass is 431 g/mol. The molecule has 7 heteroatoms. The maximum Gasteiger partial charge on any atom is 0.274 e. The number of piperidine rings is 1. The van der Waals surface area contributed by atoms with Crippen molar-refractivity contribution in [2.45, 2.75) is 18.8 Å². The molecule has 0 aliphatic carbocycles. The molecule has 6 nitrogen and oxygen atoms in total. The molecule has 0 saturated carbocycles. The highest BCUT2D eigenvalue weighted by atomic mass is 35.5. The Bertz CT molecular complexity index is 1230. The molecule has 0 bridgehead atoms. The van der Waals surface area contributed by atoms with E-state index in [1.54, 1.807) is 23.0 Å². The predicted octanol–water partition coefficient (Wildman–Crippen LogP) is 4.77. The Morgan fingerprint density at radius 2 is 1.90 bits per heavy atom. The van der Waals surface area contributed by atoms with Crippen molar-refractivity contribution >= 4 is 28.8 Å². The highest BCUT2D eigenvalue weighted by molar-refractivity contribution is 6.30. The standard InChI is InChI=1S/C24H22ClN5O/c25-19-3-1-2-18(14-19)21-15-27-30-13-10-22(29-23(21)30)24(31)28-20-6-4-16(5-7-20)17-8-11-26-12-9-17/h1-7,10,13-15,17,26H,8-9,11-12H2,(H,28,31). The summed E-state index contributed by atoms with van der Waals surface area (Å²) in [6, 6.07) is 17.3. The molecule has 4 aromatic rings. The number of anilines is 1. The van der Waals surface area contributed by atoms with Crippen LogP contribution in [-0.2, 0) is 0 Å². The van der Waals surface area contributed by atoms with Crippen LogP contribution in [0.4, 0.5) is 5.69 Å². The molecule has 2 aromatic carbocycles. The molecule has 31 heavy (non-hydrogen) atoms. The van der Waals surface area contributed by atoms with E-state index in [9.17, 15) is 4.79 Å². The van der Waals surface area contributed by atoms with E-state index in [1.807, 2.05) is 36.4 Å². The Morgan fingerprint density at radius 3 is 2.68 bits per heavy atom. The fraction of sp³-hybridized carbons (Fsp3) is 0.208. The summed E-state index contributed by atoms with van der Waals surface area (Å²) in [4.78, 5) is 17.4. The molecular formula is C24H22ClN5O. The van der Waals surface area contributed by atoms with E-state index in [-0.39, 0.29) is 5.91 Å². The first-order valence-corrected chi connectivity index (χ1v) is 10.8. The van der Waals surface area contributed by atoms with Gasteiger partial charge in [-0.1, -0.05) is 35.9 Å². The second kappa shape index (κ2) is 8.49. The molecule has 1 saturated heterocycles. The SMILES string of the molecule is O=C(Nc1ccc(C2CCNCC2)cc1)c1ccn2ncc(-c3cccc(Cl)c3)c2n1. The average Bonchev–Trinajstić information content (AvgIpc) is 3.23. The van der Waals surface area contributed by atoms with E-state index >= 15 is 0 Å². The number of carbonyl (C=O) groups excluding carboxylic acids is 1. The molecule has 1 amide bonds. The third kappa shape index (κ3) is 4.17. The van der Waals surface area contributed by atoms with E-state index in [2.05, 4.69) is 32.8 Å². The van der Waals surface area contributed by atoms with Crippen LogP contribution in [0.15, 0.2) is 67.0 Å². The quantitative estimate of drug-likeness (QED) is 0.488. The summed E-state index contributed by atoms with van der Waals surface area (Å²) in [7, 11) is 0. The number of aromatic nitrogens is 3. The first-order valence-electron chi connectivity index (χ1n) is 10.4. The van der Waals surface area contributed by atoms with Gasteiger partial charge < -0.3 is 10.6 Å². The minimum Gasteiger partial charge on any atom is -0.321 e. The van der Waals surface area contributed by atoms with Gasteiger partial charge in [0.15, 0.2) is 5.65 Å². The number of nitrogens with zero attached hydrogens (tertiary/aromatic N) is 3. The van der Waals surface area contributed by atoms with Crippen molar-refractivity contribution in [3.05, 3.63) is 83.3 Å². The normalized spacial score (nSPS) is 14.6. The van der Waals surface area contributed by atoms with E-state index in [1.165, 1.54) is 5.56 Å². The molecule has 0 atom stereocenters. The van der Waals surface area contributed by atoms with Gasteiger partial charge in [0, 0.05) is 22.5 Å². The van der Waals surface area contributed by atoms with Crippen LogP contribution in [0.2, 0.25) is 5.02 Å². The Hall–Kier alpha value is -3.22. The van der Waals surface area contributed by atoms with E-state index in [0.717, 1.165) is 42.7 Å². The number of rotatable bonds is 4. The van der Waals surface area contributed by atoms with Crippen molar-refractivity contribution in [1.82, 2.24) is 19.9 Å². The highest BCUT2D eigenvalue weighted by Gasteiger charge is 2.16. The van der Waals surface area contributed by atoms with Gasteiger partial charge in [-0.3, -0.25) is 4.79 Å². The lowest BCUT2D eigenvalue weighted by atomic mass is 9.90. The minimum atomic E-state index is -0.254. The van der Waals surface area contributed by atoms with Crippen LogP contribution >= 0.6 is 11.6 Å². The molecule has 0 radical (unpaired) electrons. The number of hydrogen-bond acceptors (Lipinski definition) is 4. The molecule has 156 valence electrons. The van der Waals surface area contributed by atoms with Gasteiger partial charge >= 0.3 is 0 Å². The fourth-order valence-electron chi connectivity index (χ4n) is 4.04. The predicted molar refractivity (Wildman–Crippen MR) is 123 cm³/mol. The summed E-state index contributed by atoms with van der Waals surface area (Å²) in [6.45, 7) is 2.12. The van der Waals surface area contributed by atoms with Crippen LogP contribution < -0.4 is 10.6 Å². The largest absolute Gasteiger partial charge is 0.321 e. The first-order chi connectivity index (χ1) is 15.2. The van der Waals surface area contributed by atoms with Crippen LogP contribution in [0.25, 0.3) is 16.8 Å². The van der Waals surface area contributed by atoms with E-state index in [4.69, 9.17) is 11.6 Å². The molecule has 1 fully saturated rings. The zero-order valence-corrected chi connectivity index (χ0v) is 17.6. The van der Waals surface area contributed by atoms with Crippen molar-refractivity contribution < 1.29 is 4.79 Å². The van der Waals surface area contributed by atoms with Gasteiger partial charge in [-0.2, -0.15) is 5.10 Å². The van der Waals surface area contributed by atoms with Crippen molar-refractivity contribution in [3.8, 4) is 11.1 Å². The Balaban J connectivity index is 1.36. The van der Waals surface area contributed by atoms with Crippen molar-refractivity contribution in [1.29, 1.82) is 0 Å². The van der Waals surface area contributed by atoms with Crippen LogP contribution in [0.1, 0.15) is 34.8 Å². The summed E-state index contributed by atoms with van der Waals surface area (Å²) in [5, 5.41) is 11.3. The van der Waals surface area contributed by atoms with Gasteiger partial charge in [-0.15, -0.1) is 0 Å². The fourth-order valence-corrected chi connectivity index (χ4v) is 4.23. The van der Waals surface area contributed by atoms with E-state index in [0.29, 0.717) is 22.3 Å². The van der Waals surface area contributed by atoms with Crippen molar-refractivity contribution in [2.24, 2.45) is 0 Å². The first kappa shape index (κ1) is 19.7. The number of benzene rings is 2. The minimum absolute atomic E-state index is 0.254. The zero-order valence-electron chi connectivity index (χ0n) is 16.9. The summed E-state index contributed by atoms with van der Waals surface area (Å²) >= 11 is 6.13. The third-order valence-electron chi connectivity index (χ3n) is 5.72. The van der Waals surface area contributed by atoms with Gasteiger partial charge in [0.1, 0.15) is 5.69 Å². The Labute approximate surface area is 185 Å². The average molecular weight is 432 g/mol. The lowest BCUT2D eigenvalue weighted by molar-refractivity contribution is 0.102. The number of amides is 1. The number of carbonyl (C=O) groups is 1. The van der Waals surface area contributed by atoms with Gasteiger partial charge in [0.25, 0.3) is 5.91 Å². The van der Waals surface area contributed by atoms with Gasteiger partial charge in [-0.05, 0) is 73.3 Å². The van der Waals surface area contributed by atoms with Gasteiger partial charge in [0.05, 0.1) is 6.20 Å². The molecule has 2 N–H and O–H groups in total. The van der Waals surface area contributed by atoms with Gasteiger partial charge in [0.2, 0.25) is 0 Å². The topological polar surface area (TPSA) is 71.3 Å². The molecule has 0 spiro atoms. The summed E-state index contributed by atoms with van der Waals surface area (Å²) in [5.41, 5.74) is 4.75. The second-order valence-electron chi connectivity index (χ2n) is 7.75. The molecule has 5 rings (SSSR count). The van der Waals surface area contributed by atoms with Crippen molar-refractivity contribution in [2.75, 3.05) is 18.4 Å². The lowest BCUT2D eigenvalue weighted by Gasteiger charge is -2.23. The lowest BCUT2D eigenvalue weighted by Crippen LogP contribution is -2.26. The Morgan fingerprint density at radius 1 is 1.10 bits per heavy atom. The molecule has 3 heterocycles. The summed E-state index contributed by atoms with van der Waals surface area (Å²) < 4.78 is 1.65. The van der Waals surface area contributed by atoms with Crippen LogP contribution in [0, 0.1) is 0 Å². The van der Waals surface area contributed by atoms with Crippen LogP contribution in [0.5, 0.6) is 0 Å². The van der Waals surface area contributed by atoms with Crippen molar-refractivity contribution in [3.63, 3.8) is 0 Å². The number of hydrogen-bond donors (Lipinski definition) is 2. The van der Waals surface area contributed by atoms with Crippen LogP contribution in [-0.4, -0.2) is 33.6 Å². The van der Waals surface area contributed by atoms with Crippen LogP contribution in [0.3, 0.4) is 0 Å². The van der Waals surface area contributed by atoms with E-state index < -0.39 is 0 Å². The summed E-state index contributed by atoms with van der Waals surface area (Å²) in [5.74, 6) is 0.331. The maximum atomic E-state index is 12.8. The summed E-state index contributed by atoms with van der Waals surface area (Å²) in [6.07, 6.45) is 5.77. The number of halogens is 1. The number of nitrogens with one attached hydrogen (secondary N) is 2. The zero-order chi connectivity index (χ0) is 21.2. The molecular weight excluding hydrogens is 410 g/mol. The highest BCUT2D eigenvalue weighted by Crippen LogP contribution is 2.27. The smallest absolute Gasteiger partial charge is 0.274 e. The molecule has 1 aliphatic rings. The number of fused-ring (bicyclic) bond motifs is 1. The van der Waals surface area contributed by atoms with Gasteiger partial charge in [-0.25, -0.2) is 9.50 Å². The molecule has 2 aromatic heterocycles. The maximum absolute atomic E-state index is 12.8. The second-order valence-corrected chi connectivity index (χ2v) is 8.19. The Kier molecular flexibility index (Phi) is 5.40. The molecule has 1 aliphatic heterocycles. The third-order valence-corrected chi connectivity index (χ3v) is 5.95. The molecule has 0 unspecified atom stereocenters.